The van der Waals surface area contributed by atoms with Gasteiger partial charge in [-0.2, -0.15) is 0 Å². The molecular formula is C13H22N2O3. The van der Waals surface area contributed by atoms with Gasteiger partial charge in [0.25, 0.3) is 0 Å². The number of nitrogens with zero attached hydrogens (tertiary/aromatic N) is 1. The van der Waals surface area contributed by atoms with Crippen molar-refractivity contribution in [1.29, 1.82) is 0 Å². The molecule has 0 aromatic heterocycles. The number of likely N-dealkylation sites (tertiary alicyclic amines) is 1. The molecule has 0 spiro atoms. The van der Waals surface area contributed by atoms with Crippen molar-refractivity contribution in [3.05, 3.63) is 12.7 Å². The number of hydrogen-bond acceptors (Lipinski definition) is 3. The van der Waals surface area contributed by atoms with Crippen LogP contribution in [0, 0.1) is 0 Å². The topological polar surface area (TPSA) is 58.6 Å². The first kappa shape index (κ1) is 14.5. The number of ether oxygens (including phenoxy) is 1. The average molecular weight is 254 g/mol. The summed E-state index contributed by atoms with van der Waals surface area (Å²) in [5, 5.41) is 2.72. The molecule has 1 heterocycles. The third kappa shape index (κ3) is 4.05. The lowest BCUT2D eigenvalue weighted by atomic mass is 10.2. The van der Waals surface area contributed by atoms with Gasteiger partial charge in [0, 0.05) is 13.1 Å². The van der Waals surface area contributed by atoms with Crippen molar-refractivity contribution in [1.82, 2.24) is 10.2 Å². The Bertz CT molecular complexity index is 334. The molecule has 0 unspecified atom stereocenters. The lowest BCUT2D eigenvalue weighted by Crippen LogP contribution is -2.47. The maximum atomic E-state index is 12.0. The molecule has 5 nitrogen and oxygen atoms in total. The molecule has 1 fully saturated rings. The summed E-state index contributed by atoms with van der Waals surface area (Å²) in [6, 6.07) is -0.417. The molecule has 1 aliphatic rings. The lowest BCUT2D eigenvalue weighted by Gasteiger charge is -2.27. The number of carbonyl (C=O) groups excluding carboxylic acids is 2. The number of rotatable bonds is 3. The highest BCUT2D eigenvalue weighted by atomic mass is 16.6. The Hall–Kier alpha value is -1.52. The maximum absolute atomic E-state index is 12.0. The van der Waals surface area contributed by atoms with Crippen molar-refractivity contribution in [2.45, 2.75) is 45.3 Å². The molecule has 1 saturated heterocycles. The van der Waals surface area contributed by atoms with Gasteiger partial charge >= 0.3 is 6.09 Å². The van der Waals surface area contributed by atoms with Gasteiger partial charge in [0.05, 0.1) is 0 Å². The first-order valence-electron chi connectivity index (χ1n) is 6.23. The number of amides is 2. The monoisotopic (exact) mass is 254 g/mol. The molecule has 1 aliphatic heterocycles. The third-order valence-electron chi connectivity index (χ3n) is 2.60. The summed E-state index contributed by atoms with van der Waals surface area (Å²) in [7, 11) is 0. The van der Waals surface area contributed by atoms with Crippen molar-refractivity contribution >= 4 is 12.0 Å². The van der Waals surface area contributed by atoms with Crippen molar-refractivity contribution in [3.8, 4) is 0 Å². The van der Waals surface area contributed by atoms with Crippen molar-refractivity contribution in [2.75, 3.05) is 13.1 Å². The van der Waals surface area contributed by atoms with E-state index in [0.29, 0.717) is 19.5 Å². The molecular weight excluding hydrogens is 232 g/mol. The van der Waals surface area contributed by atoms with E-state index in [9.17, 15) is 9.59 Å². The zero-order chi connectivity index (χ0) is 13.8. The predicted octanol–water partition coefficient (Wildman–Crippen LogP) is 1.69. The van der Waals surface area contributed by atoms with Gasteiger partial charge in [0.1, 0.15) is 11.6 Å². The average Bonchev–Trinajstić information content (AvgIpc) is 2.72. The van der Waals surface area contributed by atoms with E-state index in [2.05, 4.69) is 11.9 Å². The molecule has 1 rings (SSSR count). The van der Waals surface area contributed by atoms with Crippen molar-refractivity contribution in [2.24, 2.45) is 0 Å². The van der Waals surface area contributed by atoms with E-state index in [1.807, 2.05) is 20.8 Å². The van der Waals surface area contributed by atoms with Crippen LogP contribution in [0.3, 0.4) is 0 Å². The molecule has 0 aromatic carbocycles. The molecule has 0 saturated carbocycles. The minimum absolute atomic E-state index is 0.141. The Morgan fingerprint density at radius 1 is 1.50 bits per heavy atom. The second kappa shape index (κ2) is 5.89. The van der Waals surface area contributed by atoms with E-state index in [4.69, 9.17) is 4.74 Å². The van der Waals surface area contributed by atoms with E-state index in [1.54, 1.807) is 6.08 Å². The summed E-state index contributed by atoms with van der Waals surface area (Å²) < 4.78 is 5.29. The largest absolute Gasteiger partial charge is 0.444 e. The molecule has 2 amide bonds. The van der Waals surface area contributed by atoms with Crippen LogP contribution in [0.2, 0.25) is 0 Å². The highest BCUT2D eigenvalue weighted by molar-refractivity contribution is 5.86. The second-order valence-corrected chi connectivity index (χ2v) is 5.37. The third-order valence-corrected chi connectivity index (χ3v) is 2.60. The normalized spacial score (nSPS) is 19.5. The van der Waals surface area contributed by atoms with E-state index >= 15 is 0 Å². The summed E-state index contributed by atoms with van der Waals surface area (Å²) in [5.41, 5.74) is -0.540. The zero-order valence-corrected chi connectivity index (χ0v) is 11.4. The second-order valence-electron chi connectivity index (χ2n) is 5.37. The number of nitrogens with one attached hydrogen (secondary N) is 1. The Balaban J connectivity index is 2.61. The van der Waals surface area contributed by atoms with Gasteiger partial charge in [0.2, 0.25) is 5.91 Å². The molecule has 18 heavy (non-hydrogen) atoms. The van der Waals surface area contributed by atoms with Crippen LogP contribution in [0.5, 0.6) is 0 Å². The van der Waals surface area contributed by atoms with E-state index < -0.39 is 17.7 Å². The number of carbonyl (C=O) groups is 2. The zero-order valence-electron chi connectivity index (χ0n) is 11.4. The Morgan fingerprint density at radius 2 is 2.17 bits per heavy atom. The first-order valence-corrected chi connectivity index (χ1v) is 6.23. The minimum atomic E-state index is -0.540. The summed E-state index contributed by atoms with van der Waals surface area (Å²) in [5.74, 6) is -0.141. The van der Waals surface area contributed by atoms with Crippen LogP contribution in [0.25, 0.3) is 0 Å². The Morgan fingerprint density at radius 3 is 2.72 bits per heavy atom. The van der Waals surface area contributed by atoms with Gasteiger partial charge in [0.15, 0.2) is 0 Å². The smallest absolute Gasteiger partial charge is 0.410 e. The molecule has 1 N–H and O–H groups in total. The van der Waals surface area contributed by atoms with Gasteiger partial charge in [-0.1, -0.05) is 6.08 Å². The molecule has 0 aromatic rings. The molecule has 0 radical (unpaired) electrons. The molecule has 102 valence electrons. The van der Waals surface area contributed by atoms with Crippen LogP contribution in [-0.4, -0.2) is 41.6 Å². The Labute approximate surface area is 108 Å². The highest BCUT2D eigenvalue weighted by Crippen LogP contribution is 2.20. The van der Waals surface area contributed by atoms with Crippen LogP contribution in [0.15, 0.2) is 12.7 Å². The van der Waals surface area contributed by atoms with Crippen LogP contribution in [0.1, 0.15) is 33.6 Å². The van der Waals surface area contributed by atoms with E-state index in [-0.39, 0.29) is 5.91 Å². The summed E-state index contributed by atoms with van der Waals surface area (Å²) in [4.78, 5) is 25.3. The molecule has 0 aliphatic carbocycles. The lowest BCUT2D eigenvalue weighted by molar-refractivity contribution is -0.125. The highest BCUT2D eigenvalue weighted by Gasteiger charge is 2.36. The van der Waals surface area contributed by atoms with Gasteiger partial charge in [-0.25, -0.2) is 4.79 Å². The fraction of sp³-hybridized carbons (Fsp3) is 0.692. The molecule has 1 atom stereocenters. The summed E-state index contributed by atoms with van der Waals surface area (Å²) >= 11 is 0. The van der Waals surface area contributed by atoms with Gasteiger partial charge in [-0.05, 0) is 33.6 Å². The Kier molecular flexibility index (Phi) is 4.76. The fourth-order valence-corrected chi connectivity index (χ4v) is 1.87. The number of hydrogen-bond donors (Lipinski definition) is 1. The standard InChI is InChI=1S/C13H22N2O3/c1-5-8-14-11(16)10-7-6-9-15(10)12(17)18-13(2,3)4/h5,10H,1,6-9H2,2-4H3,(H,14,16)/t10-/m0/s1. The summed E-state index contributed by atoms with van der Waals surface area (Å²) in [6.07, 6.45) is 2.71. The van der Waals surface area contributed by atoms with Crippen molar-refractivity contribution < 1.29 is 14.3 Å². The van der Waals surface area contributed by atoms with Crippen LogP contribution >= 0.6 is 0 Å². The first-order chi connectivity index (χ1) is 8.35. The van der Waals surface area contributed by atoms with Gasteiger partial charge < -0.3 is 10.1 Å². The van der Waals surface area contributed by atoms with E-state index in [0.717, 1.165) is 6.42 Å². The minimum Gasteiger partial charge on any atom is -0.444 e. The van der Waals surface area contributed by atoms with Crippen LogP contribution < -0.4 is 5.32 Å². The molecule has 0 bridgehead atoms. The van der Waals surface area contributed by atoms with Crippen LogP contribution in [-0.2, 0) is 9.53 Å². The van der Waals surface area contributed by atoms with Crippen molar-refractivity contribution in [3.63, 3.8) is 0 Å². The van der Waals surface area contributed by atoms with Crippen LogP contribution in [0.4, 0.5) is 4.79 Å². The van der Waals surface area contributed by atoms with Gasteiger partial charge in [-0.15, -0.1) is 6.58 Å². The SMILES string of the molecule is C=CCNC(=O)[C@@H]1CCCN1C(=O)OC(C)(C)C. The predicted molar refractivity (Wildman–Crippen MR) is 69.2 cm³/mol. The van der Waals surface area contributed by atoms with E-state index in [1.165, 1.54) is 4.90 Å². The van der Waals surface area contributed by atoms with Gasteiger partial charge in [-0.3, -0.25) is 9.69 Å². The quantitative estimate of drug-likeness (QED) is 0.780. The maximum Gasteiger partial charge on any atom is 0.410 e. The molecule has 5 heteroatoms. The fourth-order valence-electron chi connectivity index (χ4n) is 1.87. The summed E-state index contributed by atoms with van der Waals surface area (Å²) in [6.45, 7) is 9.97.